The molecule has 3 aliphatic rings. The van der Waals surface area contributed by atoms with E-state index in [9.17, 15) is 0 Å². The zero-order chi connectivity index (χ0) is 43.9. The summed E-state index contributed by atoms with van der Waals surface area (Å²) in [6.45, 7) is 4.71. The fourth-order valence-electron chi connectivity index (χ4n) is 11.1. The molecule has 3 nitrogen and oxygen atoms in total. The van der Waals surface area contributed by atoms with Crippen LogP contribution in [0.15, 0.2) is 231 Å². The average Bonchev–Trinajstić information content (AvgIpc) is 4.00. The molecular weight excluding hydrogens is 801 g/mol. The van der Waals surface area contributed by atoms with Crippen molar-refractivity contribution in [1.29, 1.82) is 0 Å². The lowest BCUT2D eigenvalue weighted by Gasteiger charge is -2.28. The number of hydrogen-bond donors (Lipinski definition) is 0. The number of rotatable bonds is 7. The molecule has 3 heteroatoms. The SMILES string of the molecule is CC1(C)c2ccccc2-c2ccc(N(c3ccc(-c4ccccc4)cc3)c3ccc(-c4ccc5c(c4)c4ccccc4n5-c4ccc(C5C=CC=C6c7ccccc7OC65)cc4)cc3)cc21. The Labute approximate surface area is 385 Å². The molecule has 0 radical (unpaired) electrons. The number of nitrogens with zero attached hydrogens (tertiary/aromatic N) is 2. The summed E-state index contributed by atoms with van der Waals surface area (Å²) in [5.74, 6) is 1.11. The van der Waals surface area contributed by atoms with E-state index >= 15 is 0 Å². The van der Waals surface area contributed by atoms with Crippen molar-refractivity contribution in [3.05, 3.63) is 253 Å². The van der Waals surface area contributed by atoms with Crippen molar-refractivity contribution >= 4 is 44.4 Å². The Morgan fingerprint density at radius 1 is 0.470 bits per heavy atom. The molecular formula is C63H46N2O. The van der Waals surface area contributed by atoms with Crippen molar-refractivity contribution in [3.8, 4) is 44.8 Å². The normalized spacial score (nSPS) is 16.3. The minimum Gasteiger partial charge on any atom is -0.484 e. The summed E-state index contributed by atoms with van der Waals surface area (Å²) in [6, 6.07) is 77.8. The maximum Gasteiger partial charge on any atom is 0.135 e. The lowest BCUT2D eigenvalue weighted by atomic mass is 9.82. The molecule has 0 spiro atoms. The molecule has 0 bridgehead atoms. The van der Waals surface area contributed by atoms with Crippen LogP contribution in [0.3, 0.4) is 0 Å². The lowest BCUT2D eigenvalue weighted by molar-refractivity contribution is 0.258. The van der Waals surface area contributed by atoms with Gasteiger partial charge in [-0.05, 0) is 123 Å². The van der Waals surface area contributed by atoms with Gasteiger partial charge in [0.15, 0.2) is 0 Å². The summed E-state index contributed by atoms with van der Waals surface area (Å²) < 4.78 is 8.93. The molecule has 2 unspecified atom stereocenters. The number of ether oxygens (including phenoxy) is 1. The Kier molecular flexibility index (Phi) is 8.69. The predicted octanol–water partition coefficient (Wildman–Crippen LogP) is 16.4. The topological polar surface area (TPSA) is 17.4 Å². The number of hydrogen-bond acceptors (Lipinski definition) is 2. The smallest absolute Gasteiger partial charge is 0.135 e. The third-order valence-electron chi connectivity index (χ3n) is 14.4. The van der Waals surface area contributed by atoms with Gasteiger partial charge in [0.2, 0.25) is 0 Å². The molecule has 0 amide bonds. The maximum absolute atomic E-state index is 6.52. The zero-order valence-corrected chi connectivity index (χ0v) is 36.9. The van der Waals surface area contributed by atoms with Crippen LogP contribution in [-0.4, -0.2) is 10.7 Å². The van der Waals surface area contributed by atoms with Gasteiger partial charge in [-0.1, -0.05) is 172 Å². The van der Waals surface area contributed by atoms with E-state index in [1.807, 2.05) is 0 Å². The summed E-state index contributed by atoms with van der Waals surface area (Å²) in [4.78, 5) is 2.40. The average molecular weight is 847 g/mol. The molecule has 13 rings (SSSR count). The number of fused-ring (bicyclic) bond motifs is 9. The Morgan fingerprint density at radius 2 is 1.08 bits per heavy atom. The second-order valence-electron chi connectivity index (χ2n) is 18.4. The Morgan fingerprint density at radius 3 is 1.86 bits per heavy atom. The van der Waals surface area contributed by atoms with Crippen LogP contribution in [0.2, 0.25) is 0 Å². The Hall–Kier alpha value is -8.14. The first-order chi connectivity index (χ1) is 32.5. The van der Waals surface area contributed by atoms with Gasteiger partial charge in [0.05, 0.1) is 11.0 Å². The Bertz CT molecular complexity index is 3570. The molecule has 0 fully saturated rings. The van der Waals surface area contributed by atoms with Gasteiger partial charge in [0, 0.05) is 56.0 Å². The minimum atomic E-state index is -0.104. The van der Waals surface area contributed by atoms with Crippen molar-refractivity contribution in [3.63, 3.8) is 0 Å². The standard InChI is InChI=1S/C63H46N2O/c1-63(2)57-20-9-6-15-51(57)52-37-36-49(40-58(52)63)64(46-30-23-42(24-31-46)41-13-4-3-5-14-41)47-32-25-43(26-33-47)45-29-38-60-56(39-45)53-16-7-10-21-59(53)65(60)48-34-27-44(28-35-48)50-18-12-19-55-54-17-8-11-22-61(54)66-62(50)55/h3-40,50,62H,1-2H3. The van der Waals surface area contributed by atoms with Crippen LogP contribution in [0.4, 0.5) is 17.1 Å². The summed E-state index contributed by atoms with van der Waals surface area (Å²) in [6.07, 6.45) is 6.65. The van der Waals surface area contributed by atoms with E-state index in [-0.39, 0.29) is 17.4 Å². The van der Waals surface area contributed by atoms with E-state index in [4.69, 9.17) is 4.74 Å². The number of allylic oxidation sites excluding steroid dienone is 2. The van der Waals surface area contributed by atoms with Crippen molar-refractivity contribution in [2.75, 3.05) is 4.90 Å². The fraction of sp³-hybridized carbons (Fsp3) is 0.0794. The molecule has 1 aliphatic heterocycles. The number of aromatic nitrogens is 1. The summed E-state index contributed by atoms with van der Waals surface area (Å²) >= 11 is 0. The van der Waals surface area contributed by atoms with Gasteiger partial charge in [-0.3, -0.25) is 0 Å². The van der Waals surface area contributed by atoms with Crippen molar-refractivity contribution < 1.29 is 4.74 Å². The molecule has 9 aromatic carbocycles. The van der Waals surface area contributed by atoms with Crippen LogP contribution in [-0.2, 0) is 5.41 Å². The van der Waals surface area contributed by atoms with Gasteiger partial charge < -0.3 is 14.2 Å². The monoisotopic (exact) mass is 846 g/mol. The fourth-order valence-corrected chi connectivity index (χ4v) is 11.1. The van der Waals surface area contributed by atoms with Gasteiger partial charge >= 0.3 is 0 Å². The molecule has 0 saturated heterocycles. The van der Waals surface area contributed by atoms with Crippen molar-refractivity contribution in [2.24, 2.45) is 0 Å². The van der Waals surface area contributed by atoms with Gasteiger partial charge in [-0.15, -0.1) is 0 Å². The van der Waals surface area contributed by atoms with E-state index in [1.54, 1.807) is 0 Å². The Balaban J connectivity index is 0.846. The third-order valence-corrected chi connectivity index (χ3v) is 14.4. The van der Waals surface area contributed by atoms with Crippen LogP contribution in [0, 0.1) is 0 Å². The lowest BCUT2D eigenvalue weighted by Crippen LogP contribution is -2.22. The van der Waals surface area contributed by atoms with Crippen LogP contribution in [0.5, 0.6) is 5.75 Å². The highest BCUT2D eigenvalue weighted by Gasteiger charge is 2.37. The predicted molar refractivity (Wildman–Crippen MR) is 275 cm³/mol. The van der Waals surface area contributed by atoms with E-state index in [1.165, 1.54) is 83.0 Å². The highest BCUT2D eigenvalue weighted by molar-refractivity contribution is 6.10. The highest BCUT2D eigenvalue weighted by Crippen LogP contribution is 2.51. The largest absolute Gasteiger partial charge is 0.484 e. The quantitative estimate of drug-likeness (QED) is 0.159. The van der Waals surface area contributed by atoms with Gasteiger partial charge in [0.1, 0.15) is 11.9 Å². The molecule has 314 valence electrons. The first-order valence-electron chi connectivity index (χ1n) is 23.1. The first kappa shape index (κ1) is 38.3. The summed E-state index contributed by atoms with van der Waals surface area (Å²) in [5, 5.41) is 2.48. The van der Waals surface area contributed by atoms with Crippen LogP contribution in [0.25, 0.3) is 66.4 Å². The maximum atomic E-state index is 6.52. The molecule has 10 aromatic rings. The molecule has 0 N–H and O–H groups in total. The number of benzene rings is 9. The molecule has 2 aliphatic carbocycles. The van der Waals surface area contributed by atoms with Gasteiger partial charge in [0.25, 0.3) is 0 Å². The summed E-state index contributed by atoms with van der Waals surface area (Å²) in [7, 11) is 0. The minimum absolute atomic E-state index is 0.0154. The molecule has 1 aromatic heterocycles. The zero-order valence-electron chi connectivity index (χ0n) is 36.9. The third kappa shape index (κ3) is 6.04. The molecule has 0 saturated carbocycles. The number of anilines is 3. The second-order valence-corrected chi connectivity index (χ2v) is 18.4. The first-order valence-corrected chi connectivity index (χ1v) is 23.1. The highest BCUT2D eigenvalue weighted by atomic mass is 16.5. The van der Waals surface area contributed by atoms with Crippen LogP contribution < -0.4 is 9.64 Å². The molecule has 66 heavy (non-hydrogen) atoms. The van der Waals surface area contributed by atoms with E-state index in [2.05, 4.69) is 254 Å². The second kappa shape index (κ2) is 15.0. The molecule has 2 heterocycles. The van der Waals surface area contributed by atoms with Crippen LogP contribution in [0.1, 0.15) is 42.0 Å². The van der Waals surface area contributed by atoms with E-state index in [0.29, 0.717) is 0 Å². The van der Waals surface area contributed by atoms with Crippen molar-refractivity contribution in [2.45, 2.75) is 31.3 Å². The van der Waals surface area contributed by atoms with Crippen LogP contribution >= 0.6 is 0 Å². The van der Waals surface area contributed by atoms with Gasteiger partial charge in [-0.25, -0.2) is 0 Å². The summed E-state index contributed by atoms with van der Waals surface area (Å²) in [5.41, 5.74) is 20.7. The van der Waals surface area contributed by atoms with Crippen molar-refractivity contribution in [1.82, 2.24) is 4.57 Å². The van der Waals surface area contributed by atoms with E-state index < -0.39 is 0 Å². The van der Waals surface area contributed by atoms with Gasteiger partial charge in [-0.2, -0.15) is 0 Å². The van der Waals surface area contributed by atoms with E-state index in [0.717, 1.165) is 28.5 Å². The number of para-hydroxylation sites is 2. The molecule has 2 atom stereocenters.